The van der Waals surface area contributed by atoms with E-state index in [-0.39, 0.29) is 54.3 Å². The molecule has 4 aromatic rings. The summed E-state index contributed by atoms with van der Waals surface area (Å²) in [4.78, 5) is 66.5. The third-order valence-corrected chi connectivity index (χ3v) is 12.6. The second kappa shape index (κ2) is 20.8. The molecule has 0 bridgehead atoms. The number of methoxy groups -OCH3 is 2. The van der Waals surface area contributed by atoms with Crippen LogP contribution in [0.5, 0.6) is 23.0 Å². The maximum Gasteiger partial charge on any atom is 0.264 e. The molecule has 2 unspecified atom stereocenters. The van der Waals surface area contributed by atoms with E-state index in [9.17, 15) is 40.8 Å². The fourth-order valence-corrected chi connectivity index (χ4v) is 9.66. The van der Waals surface area contributed by atoms with Gasteiger partial charge >= 0.3 is 0 Å². The van der Waals surface area contributed by atoms with E-state index >= 15 is 0 Å². The molecule has 2 aliphatic heterocycles. The molecular weight excluding hydrogens is 893 g/mol. The highest BCUT2D eigenvalue weighted by molar-refractivity contribution is 7.90. The van der Waals surface area contributed by atoms with E-state index in [2.05, 4.69) is 10.6 Å². The van der Waals surface area contributed by atoms with Crippen molar-refractivity contribution >= 4 is 60.6 Å². The van der Waals surface area contributed by atoms with Crippen LogP contribution in [0.4, 0.5) is 11.4 Å². The third kappa shape index (κ3) is 11.5. The summed E-state index contributed by atoms with van der Waals surface area (Å²) in [6, 6.07) is 18.0. The van der Waals surface area contributed by atoms with E-state index in [0.29, 0.717) is 58.6 Å². The van der Waals surface area contributed by atoms with Crippen LogP contribution in [-0.4, -0.2) is 108 Å². The monoisotopic (exact) mass is 948 g/mol. The minimum Gasteiger partial charge on any atom is -0.493 e. The number of anilines is 2. The van der Waals surface area contributed by atoms with Gasteiger partial charge in [-0.2, -0.15) is 0 Å². The molecule has 0 saturated heterocycles. The van der Waals surface area contributed by atoms with Crippen molar-refractivity contribution in [3.8, 4) is 23.0 Å². The van der Waals surface area contributed by atoms with Crippen LogP contribution < -0.4 is 29.6 Å². The number of nitrogens with one attached hydrogen (secondary N) is 2. The van der Waals surface area contributed by atoms with Gasteiger partial charge in [-0.3, -0.25) is 28.9 Å². The molecule has 7 rings (SSSR count). The fourth-order valence-electron chi connectivity index (χ4n) is 7.80. The summed E-state index contributed by atoms with van der Waals surface area (Å²) >= 11 is 0. The van der Waals surface area contributed by atoms with Gasteiger partial charge in [0.25, 0.3) is 17.7 Å². The number of carbonyl (C=O) groups is 5. The van der Waals surface area contributed by atoms with Gasteiger partial charge in [-0.15, -0.1) is 0 Å². The van der Waals surface area contributed by atoms with Crippen LogP contribution in [0.25, 0.3) is 0 Å². The summed E-state index contributed by atoms with van der Waals surface area (Å²) < 4.78 is 71.0. The number of hydrogen-bond donors (Lipinski definition) is 2. The van der Waals surface area contributed by atoms with Crippen LogP contribution >= 0.6 is 0 Å². The first-order chi connectivity index (χ1) is 30.8. The van der Waals surface area contributed by atoms with Crippen molar-refractivity contribution in [3.63, 3.8) is 0 Å². The summed E-state index contributed by atoms with van der Waals surface area (Å²) in [5.74, 6) is -1.03. The highest BCUT2D eigenvalue weighted by Crippen LogP contribution is 2.41. The molecular formula is C47H56N4O13S2. The molecule has 0 radical (unpaired) electrons. The van der Waals surface area contributed by atoms with E-state index < -0.39 is 55.2 Å². The average Bonchev–Trinajstić information content (AvgIpc) is 4.00. The van der Waals surface area contributed by atoms with Crippen LogP contribution in [0.15, 0.2) is 72.8 Å². The summed E-state index contributed by atoms with van der Waals surface area (Å²) in [7, 11) is -4.03. The van der Waals surface area contributed by atoms with Crippen LogP contribution in [0, 0.1) is 5.92 Å². The average molecular weight is 949 g/mol. The summed E-state index contributed by atoms with van der Waals surface area (Å²) in [6.45, 7) is 5.92. The number of amides is 5. The normalized spacial score (nSPS) is 15.0. The van der Waals surface area contributed by atoms with Gasteiger partial charge in [0.05, 0.1) is 79.1 Å². The predicted molar refractivity (Wildman–Crippen MR) is 249 cm³/mol. The number of rotatable bonds is 17. The maximum atomic E-state index is 13.5. The smallest absolute Gasteiger partial charge is 0.264 e. The number of imide groups is 1. The summed E-state index contributed by atoms with van der Waals surface area (Å²) in [5.41, 5.74) is 3.00. The van der Waals surface area contributed by atoms with E-state index in [1.807, 2.05) is 13.0 Å². The van der Waals surface area contributed by atoms with E-state index in [1.54, 1.807) is 66.4 Å². The number of carbonyl (C=O) groups excluding carboxylic acids is 5. The van der Waals surface area contributed by atoms with Gasteiger partial charge in [0, 0.05) is 31.9 Å². The van der Waals surface area contributed by atoms with Crippen LogP contribution in [0.3, 0.4) is 0 Å². The Balaban J connectivity index is 0.000000244. The van der Waals surface area contributed by atoms with Gasteiger partial charge in [0.2, 0.25) is 11.8 Å². The van der Waals surface area contributed by atoms with Crippen molar-refractivity contribution in [2.45, 2.75) is 59.7 Å². The molecule has 2 N–H and O–H groups in total. The Kier molecular flexibility index (Phi) is 15.9. The van der Waals surface area contributed by atoms with Crippen LogP contribution in [-0.2, 0) is 35.8 Å². The second-order valence-electron chi connectivity index (χ2n) is 15.8. The molecule has 354 valence electrons. The van der Waals surface area contributed by atoms with Gasteiger partial charge in [-0.25, -0.2) is 16.8 Å². The number of sulfone groups is 2. The molecule has 1 saturated carbocycles. The molecule has 1 aliphatic carbocycles. The first-order valence-electron chi connectivity index (χ1n) is 20.8. The number of hydrogen-bond acceptors (Lipinski definition) is 13. The van der Waals surface area contributed by atoms with Crippen molar-refractivity contribution < 1.29 is 59.8 Å². The maximum absolute atomic E-state index is 13.5. The molecule has 2 heterocycles. The lowest BCUT2D eigenvalue weighted by molar-refractivity contribution is -0.117. The molecule has 2 atom stereocenters. The first-order valence-corrected chi connectivity index (χ1v) is 24.9. The Hall–Kier alpha value is -6.47. The SMILES string of the molecule is C.CCOc1cc(C(CS(C)(=O)=O)N2C(=O)c3cccc(NC(C)=O)c3C2=O)ccc1OC.CCOc1cc(C(CS(C)(=O)=O)N2Cc3cccc(NC(=O)C4CC4)c3C2=O)ccc1OC. The lowest BCUT2D eigenvalue weighted by Gasteiger charge is -2.28. The zero-order valence-electron chi connectivity index (χ0n) is 37.1. The Bertz CT molecular complexity index is 2750. The lowest BCUT2D eigenvalue weighted by Crippen LogP contribution is -2.37. The van der Waals surface area contributed by atoms with Crippen molar-refractivity contribution in [1.29, 1.82) is 0 Å². The van der Waals surface area contributed by atoms with Gasteiger partial charge in [0.1, 0.15) is 19.7 Å². The molecule has 19 heteroatoms. The van der Waals surface area contributed by atoms with Crippen molar-refractivity contribution in [3.05, 3.63) is 106 Å². The number of nitrogens with zero attached hydrogens (tertiary/aromatic N) is 2. The molecule has 66 heavy (non-hydrogen) atoms. The van der Waals surface area contributed by atoms with Crippen molar-refractivity contribution in [1.82, 2.24) is 9.80 Å². The first kappa shape index (κ1) is 50.5. The van der Waals surface area contributed by atoms with Gasteiger partial charge < -0.3 is 34.5 Å². The fraction of sp³-hybridized carbons (Fsp3) is 0.383. The standard InChI is InChI=1S/C24H28N2O6S.C22H24N2O7S.CH4/c1-4-32-21-12-16(10-11-20(21)31-2)19(14-33(3,29)30)26-13-17-6-5-7-18(22(17)24(26)28)25-23(27)15-8-9-15;1-5-31-19-11-14(9-10-18(19)30-3)17(12-32(4,28)29)24-21(26)15-7-6-8-16(23-13(2)25)20(15)22(24)27;/h5-7,10-12,15,19H,4,8-9,13-14H2,1-3H3,(H,25,27);6-11,17H,5,12H2,1-4H3,(H,23,25);1H4. The minimum absolute atomic E-state index is 0. The molecule has 4 aromatic carbocycles. The highest BCUT2D eigenvalue weighted by Gasteiger charge is 2.44. The van der Waals surface area contributed by atoms with Gasteiger partial charge in [-0.05, 0) is 85.8 Å². The van der Waals surface area contributed by atoms with Gasteiger partial charge in [-0.1, -0.05) is 37.8 Å². The molecule has 0 aromatic heterocycles. The zero-order valence-corrected chi connectivity index (χ0v) is 38.8. The van der Waals surface area contributed by atoms with Crippen LogP contribution in [0.2, 0.25) is 0 Å². The Morgan fingerprint density at radius 3 is 1.70 bits per heavy atom. The number of fused-ring (bicyclic) bond motifs is 2. The molecule has 3 aliphatic rings. The second-order valence-corrected chi connectivity index (χ2v) is 20.2. The summed E-state index contributed by atoms with van der Waals surface area (Å²) in [6.07, 6.45) is 3.91. The largest absolute Gasteiger partial charge is 0.493 e. The van der Waals surface area contributed by atoms with E-state index in [4.69, 9.17) is 18.9 Å². The van der Waals surface area contributed by atoms with E-state index in [0.717, 1.165) is 35.8 Å². The lowest BCUT2D eigenvalue weighted by atomic mass is 10.1. The van der Waals surface area contributed by atoms with Gasteiger partial charge in [0.15, 0.2) is 23.0 Å². The topological polar surface area (TPSA) is 221 Å². The quantitative estimate of drug-likeness (QED) is 0.112. The zero-order chi connectivity index (χ0) is 47.4. The summed E-state index contributed by atoms with van der Waals surface area (Å²) in [5, 5.41) is 5.43. The molecule has 1 fully saturated rings. The minimum atomic E-state index is -3.60. The molecule has 17 nitrogen and oxygen atoms in total. The number of benzene rings is 4. The Morgan fingerprint density at radius 1 is 0.682 bits per heavy atom. The van der Waals surface area contributed by atoms with Crippen molar-refractivity contribution in [2.24, 2.45) is 5.92 Å². The highest BCUT2D eigenvalue weighted by atomic mass is 32.2. The Morgan fingerprint density at radius 2 is 1.20 bits per heavy atom. The Labute approximate surface area is 385 Å². The number of ether oxygens (including phenoxy) is 4. The molecule has 5 amide bonds. The third-order valence-electron chi connectivity index (χ3n) is 10.8. The predicted octanol–water partition coefficient (Wildman–Crippen LogP) is 6.25. The van der Waals surface area contributed by atoms with E-state index in [1.165, 1.54) is 33.3 Å². The van der Waals surface area contributed by atoms with Crippen LogP contribution in [0.1, 0.15) is 101 Å². The molecule has 0 spiro atoms. The van der Waals surface area contributed by atoms with Crippen molar-refractivity contribution in [2.75, 3.05) is 62.1 Å².